The van der Waals surface area contributed by atoms with Gasteiger partial charge in [0.15, 0.2) is 0 Å². The van der Waals surface area contributed by atoms with Crippen molar-refractivity contribution < 1.29 is 13.6 Å². The van der Waals surface area contributed by atoms with Crippen molar-refractivity contribution in [3.63, 3.8) is 0 Å². The second kappa shape index (κ2) is 12.4. The van der Waals surface area contributed by atoms with Gasteiger partial charge in [0, 0.05) is 0 Å². The summed E-state index contributed by atoms with van der Waals surface area (Å²) >= 11 is 0. The number of benzene rings is 2. The summed E-state index contributed by atoms with van der Waals surface area (Å²) in [5.74, 6) is 0. The second-order valence-electron chi connectivity index (χ2n) is 7.63. The van der Waals surface area contributed by atoms with E-state index in [1.807, 2.05) is 0 Å². The van der Waals surface area contributed by atoms with E-state index in [1.54, 1.807) is 0 Å². The summed E-state index contributed by atoms with van der Waals surface area (Å²) in [5, 5.41) is 0. The lowest BCUT2D eigenvalue weighted by atomic mass is 9.92. The lowest BCUT2D eigenvalue weighted by Crippen LogP contribution is -2.04. The van der Waals surface area contributed by atoms with Crippen LogP contribution in [0.3, 0.4) is 0 Å². The van der Waals surface area contributed by atoms with Crippen LogP contribution in [0.5, 0.6) is 0 Å². The van der Waals surface area contributed by atoms with Crippen LogP contribution in [0.2, 0.25) is 0 Å². The fourth-order valence-corrected chi connectivity index (χ4v) is 5.22. The summed E-state index contributed by atoms with van der Waals surface area (Å²) in [6.45, 7) is 13.8. The summed E-state index contributed by atoms with van der Waals surface area (Å²) in [5.41, 5.74) is 10.6. The molecule has 3 nitrogen and oxygen atoms in total. The molecule has 0 fully saturated rings. The maximum absolute atomic E-state index is 12.5. The van der Waals surface area contributed by atoms with E-state index in [1.165, 1.54) is 33.4 Å². The van der Waals surface area contributed by atoms with Crippen molar-refractivity contribution in [1.82, 2.24) is 0 Å². The van der Waals surface area contributed by atoms with Crippen LogP contribution in [0.15, 0.2) is 24.3 Å². The maximum Gasteiger partial charge on any atom is 0.319 e. The van der Waals surface area contributed by atoms with Crippen molar-refractivity contribution in [3.05, 3.63) is 68.8 Å². The molecular weight excluding hydrogens is 391 g/mol. The molecule has 0 aliphatic heterocycles. The number of hydrogen-bond donors (Lipinski definition) is 0. The third-order valence-corrected chi connectivity index (χ3v) is 6.88. The molecule has 0 heterocycles. The van der Waals surface area contributed by atoms with Crippen LogP contribution in [0.1, 0.15) is 86.1 Å². The molecule has 2 aromatic rings. The molecule has 0 atom stereocenters. The molecule has 0 unspecified atom stereocenters. The molecule has 0 amide bonds. The van der Waals surface area contributed by atoms with Gasteiger partial charge in [0.25, 0.3) is 0 Å². The van der Waals surface area contributed by atoms with Crippen LogP contribution >= 0.6 is 8.25 Å². The highest BCUT2D eigenvalue weighted by Crippen LogP contribution is 2.31. The van der Waals surface area contributed by atoms with E-state index in [2.05, 4.69) is 65.8 Å². The van der Waals surface area contributed by atoms with Crippen molar-refractivity contribution in [3.8, 4) is 0 Å². The first-order valence-electron chi connectivity index (χ1n) is 11.6. The molecule has 2 aromatic carbocycles. The van der Waals surface area contributed by atoms with Crippen molar-refractivity contribution >= 4 is 8.25 Å². The van der Waals surface area contributed by atoms with Gasteiger partial charge in [0.2, 0.25) is 0 Å². The Balaban J connectivity index is 2.06. The molecule has 0 aliphatic carbocycles. The van der Waals surface area contributed by atoms with E-state index in [4.69, 9.17) is 9.05 Å². The highest BCUT2D eigenvalue weighted by molar-refractivity contribution is 7.33. The van der Waals surface area contributed by atoms with Gasteiger partial charge < -0.3 is 9.05 Å². The molecule has 30 heavy (non-hydrogen) atoms. The van der Waals surface area contributed by atoms with E-state index < -0.39 is 8.25 Å². The van der Waals surface area contributed by atoms with Gasteiger partial charge >= 0.3 is 8.25 Å². The van der Waals surface area contributed by atoms with Gasteiger partial charge in [0.05, 0.1) is 13.2 Å². The Morgan fingerprint density at radius 3 is 1.13 bits per heavy atom. The summed E-state index contributed by atoms with van der Waals surface area (Å²) in [4.78, 5) is 0. The van der Waals surface area contributed by atoms with Crippen LogP contribution < -0.4 is 0 Å². The zero-order valence-electron chi connectivity index (χ0n) is 19.7. The fourth-order valence-electron chi connectivity index (χ4n) is 4.59. The van der Waals surface area contributed by atoms with Crippen molar-refractivity contribution in [2.45, 2.75) is 93.3 Å². The van der Waals surface area contributed by atoms with Crippen molar-refractivity contribution in [2.75, 3.05) is 0 Å². The average molecular weight is 431 g/mol. The second-order valence-corrected chi connectivity index (χ2v) is 8.71. The lowest BCUT2D eigenvalue weighted by molar-refractivity contribution is 0.212. The Hall–Kier alpha value is -1.41. The van der Waals surface area contributed by atoms with Gasteiger partial charge in [-0.2, -0.15) is 0 Å². The van der Waals surface area contributed by atoms with Gasteiger partial charge in [-0.1, -0.05) is 65.8 Å². The molecule has 2 rings (SSSR count). The molecule has 0 N–H and O–H groups in total. The van der Waals surface area contributed by atoms with Gasteiger partial charge in [-0.3, -0.25) is 4.57 Å². The average Bonchev–Trinajstić information content (AvgIpc) is 2.79. The first-order valence-corrected chi connectivity index (χ1v) is 12.8. The maximum atomic E-state index is 12.5. The van der Waals surface area contributed by atoms with Crippen LogP contribution in [0.25, 0.3) is 0 Å². The van der Waals surface area contributed by atoms with Crippen LogP contribution in [-0.2, 0) is 65.4 Å². The minimum absolute atomic E-state index is 0.341. The Morgan fingerprint density at radius 2 is 0.833 bits per heavy atom. The van der Waals surface area contributed by atoms with Crippen LogP contribution in [0.4, 0.5) is 0 Å². The molecule has 0 radical (unpaired) electrons. The summed E-state index contributed by atoms with van der Waals surface area (Å²) in [6.07, 6.45) is 6.01. The highest BCUT2D eigenvalue weighted by atomic mass is 31.1. The zero-order chi connectivity index (χ0) is 22.1. The minimum atomic E-state index is -2.55. The third-order valence-electron chi connectivity index (χ3n) is 6.12. The smallest absolute Gasteiger partial charge is 0.306 e. The number of hydrogen-bond acceptors (Lipinski definition) is 3. The van der Waals surface area contributed by atoms with Gasteiger partial charge in [-0.25, -0.2) is 0 Å². The first-order chi connectivity index (χ1) is 14.5. The third kappa shape index (κ3) is 5.84. The van der Waals surface area contributed by atoms with E-state index in [-0.39, 0.29) is 0 Å². The van der Waals surface area contributed by atoms with Crippen LogP contribution in [0, 0.1) is 0 Å². The molecule has 0 saturated heterocycles. The molecule has 0 saturated carbocycles. The Morgan fingerprint density at radius 1 is 0.533 bits per heavy atom. The van der Waals surface area contributed by atoms with E-state index in [0.717, 1.165) is 49.7 Å². The lowest BCUT2D eigenvalue weighted by Gasteiger charge is -2.18. The summed E-state index contributed by atoms with van der Waals surface area (Å²) < 4.78 is 23.8. The summed E-state index contributed by atoms with van der Waals surface area (Å²) in [7, 11) is -2.55. The van der Waals surface area contributed by atoms with Crippen molar-refractivity contribution in [2.24, 2.45) is 0 Å². The molecule has 0 bridgehead atoms. The van der Waals surface area contributed by atoms with E-state index >= 15 is 0 Å². The standard InChI is InChI=1S/C26H39O3P/c1-7-19-13-15-21(25(11-5)23(19)9-3)17-28-30(27)29-18-22-16-14-20(8-2)24(10-4)26(22)12-6/h13-16,30H,7-12,17-18H2,1-6H3. The van der Waals surface area contributed by atoms with Crippen LogP contribution in [-0.4, -0.2) is 0 Å². The molecule has 0 spiro atoms. The zero-order valence-corrected chi connectivity index (χ0v) is 20.7. The van der Waals surface area contributed by atoms with Gasteiger partial charge in [0.1, 0.15) is 0 Å². The largest absolute Gasteiger partial charge is 0.319 e. The Labute approximate surface area is 184 Å². The van der Waals surface area contributed by atoms with E-state index in [9.17, 15) is 4.57 Å². The predicted molar refractivity (Wildman–Crippen MR) is 128 cm³/mol. The molecule has 166 valence electrons. The van der Waals surface area contributed by atoms with Gasteiger partial charge in [-0.05, 0) is 83.0 Å². The molecule has 0 aliphatic rings. The molecule has 4 heteroatoms. The quantitative estimate of drug-likeness (QED) is 0.334. The molecule has 0 aromatic heterocycles. The normalized spacial score (nSPS) is 11.4. The fraction of sp³-hybridized carbons (Fsp3) is 0.538. The number of rotatable bonds is 12. The monoisotopic (exact) mass is 430 g/mol. The van der Waals surface area contributed by atoms with E-state index in [0.29, 0.717) is 13.2 Å². The SMILES string of the molecule is CCc1ccc(CO[PH](=O)OCc2ccc(CC)c(CC)c2CC)c(CC)c1CC. The first kappa shape index (κ1) is 24.9. The molecular formula is C26H39O3P. The van der Waals surface area contributed by atoms with Gasteiger partial charge in [-0.15, -0.1) is 0 Å². The highest BCUT2D eigenvalue weighted by Gasteiger charge is 2.13. The van der Waals surface area contributed by atoms with Crippen molar-refractivity contribution in [1.29, 1.82) is 0 Å². The topological polar surface area (TPSA) is 35.5 Å². The predicted octanol–water partition coefficient (Wildman–Crippen LogP) is 7.18. The number of aryl methyl sites for hydroxylation is 2. The Kier molecular flexibility index (Phi) is 10.3. The Bertz CT molecular complexity index is 788. The summed E-state index contributed by atoms with van der Waals surface area (Å²) in [6, 6.07) is 8.62. The minimum Gasteiger partial charge on any atom is -0.306 e.